The van der Waals surface area contributed by atoms with E-state index >= 15 is 0 Å². The lowest BCUT2D eigenvalue weighted by atomic mass is 9.91. The van der Waals surface area contributed by atoms with Crippen LogP contribution in [0.4, 0.5) is 0 Å². The fraction of sp³-hybridized carbons (Fsp3) is 0.682. The van der Waals surface area contributed by atoms with Crippen LogP contribution in [0, 0.1) is 17.8 Å². The van der Waals surface area contributed by atoms with Crippen molar-refractivity contribution in [1.29, 1.82) is 0 Å². The van der Waals surface area contributed by atoms with E-state index in [9.17, 15) is 4.79 Å². The van der Waals surface area contributed by atoms with Gasteiger partial charge in [-0.05, 0) is 74.2 Å². The number of nitrogens with zero attached hydrogens (tertiary/aromatic N) is 1. The molecule has 3 aliphatic rings. The van der Waals surface area contributed by atoms with E-state index in [1.165, 1.54) is 38.8 Å². The summed E-state index contributed by atoms with van der Waals surface area (Å²) < 4.78 is 11.2. The highest BCUT2D eigenvalue weighted by Crippen LogP contribution is 2.49. The number of hydrogen-bond acceptors (Lipinski definition) is 4. The van der Waals surface area contributed by atoms with Crippen LogP contribution in [0.5, 0.6) is 5.75 Å². The second kappa shape index (κ2) is 9.07. The first-order valence-corrected chi connectivity index (χ1v) is 10.6. The van der Waals surface area contributed by atoms with E-state index in [-0.39, 0.29) is 5.91 Å². The number of piperidine rings is 1. The number of amides is 1. The molecule has 0 bridgehead atoms. The van der Waals surface area contributed by atoms with Gasteiger partial charge in [0.15, 0.2) is 0 Å². The fourth-order valence-electron chi connectivity index (χ4n) is 4.58. The topological polar surface area (TPSA) is 50.8 Å². The number of hydrogen-bond donors (Lipinski definition) is 1. The van der Waals surface area contributed by atoms with Crippen LogP contribution >= 0.6 is 0 Å². The molecule has 27 heavy (non-hydrogen) atoms. The van der Waals surface area contributed by atoms with Crippen molar-refractivity contribution < 1.29 is 14.3 Å². The monoisotopic (exact) mass is 372 g/mol. The zero-order chi connectivity index (χ0) is 18.5. The third-order valence-electron chi connectivity index (χ3n) is 6.37. The zero-order valence-electron chi connectivity index (χ0n) is 16.2. The Kier molecular flexibility index (Phi) is 6.30. The molecule has 0 radical (unpaired) electrons. The van der Waals surface area contributed by atoms with Gasteiger partial charge in [0, 0.05) is 13.1 Å². The van der Waals surface area contributed by atoms with Gasteiger partial charge in [0.05, 0.1) is 26.2 Å². The van der Waals surface area contributed by atoms with E-state index in [0.717, 1.165) is 35.7 Å². The third kappa shape index (κ3) is 5.23. The van der Waals surface area contributed by atoms with Crippen molar-refractivity contribution in [1.82, 2.24) is 10.2 Å². The third-order valence-corrected chi connectivity index (χ3v) is 6.37. The van der Waals surface area contributed by atoms with Gasteiger partial charge >= 0.3 is 0 Å². The highest BCUT2D eigenvalue weighted by molar-refractivity contribution is 5.78. The smallest absolute Gasteiger partial charge is 0.227 e. The molecule has 1 aliphatic carbocycles. The van der Waals surface area contributed by atoms with Crippen LogP contribution in [0.3, 0.4) is 0 Å². The molecule has 0 spiro atoms. The van der Waals surface area contributed by atoms with Crippen LogP contribution in [-0.2, 0) is 16.0 Å². The lowest BCUT2D eigenvalue weighted by Crippen LogP contribution is -2.41. The normalized spacial score (nSPS) is 26.0. The molecule has 148 valence electrons. The van der Waals surface area contributed by atoms with Crippen molar-refractivity contribution in [2.75, 3.05) is 46.0 Å². The maximum Gasteiger partial charge on any atom is 0.227 e. The van der Waals surface area contributed by atoms with Gasteiger partial charge < -0.3 is 19.7 Å². The van der Waals surface area contributed by atoms with Gasteiger partial charge in [0.2, 0.25) is 5.91 Å². The Bertz CT molecular complexity index is 606. The van der Waals surface area contributed by atoms with Crippen molar-refractivity contribution in [3.05, 3.63) is 29.8 Å². The average molecular weight is 373 g/mol. The average Bonchev–Trinajstić information content (AvgIpc) is 3.50. The van der Waals surface area contributed by atoms with E-state index in [0.29, 0.717) is 32.7 Å². The summed E-state index contributed by atoms with van der Waals surface area (Å²) in [6.07, 6.45) is 5.74. The van der Waals surface area contributed by atoms with Gasteiger partial charge in [-0.2, -0.15) is 0 Å². The van der Waals surface area contributed by atoms with Crippen molar-refractivity contribution >= 4 is 5.91 Å². The molecule has 0 aromatic heterocycles. The lowest BCUT2D eigenvalue weighted by molar-refractivity contribution is -0.134. The molecule has 2 aliphatic heterocycles. The quantitative estimate of drug-likeness (QED) is 0.799. The second-order valence-electron chi connectivity index (χ2n) is 8.20. The largest absolute Gasteiger partial charge is 0.494 e. The molecule has 2 unspecified atom stereocenters. The summed E-state index contributed by atoms with van der Waals surface area (Å²) >= 11 is 0. The molecule has 2 saturated heterocycles. The Morgan fingerprint density at radius 2 is 1.89 bits per heavy atom. The number of carbonyl (C=O) groups excluding carboxylic acids is 1. The molecule has 5 heteroatoms. The number of morpholine rings is 1. The molecule has 2 heterocycles. The summed E-state index contributed by atoms with van der Waals surface area (Å²) in [5.74, 6) is 3.86. The summed E-state index contributed by atoms with van der Waals surface area (Å²) in [5.41, 5.74) is 1.05. The Labute approximate surface area is 162 Å². The Balaban J connectivity index is 1.16. The minimum absolute atomic E-state index is 0.185. The van der Waals surface area contributed by atoms with E-state index in [1.54, 1.807) is 0 Å². The highest BCUT2D eigenvalue weighted by Gasteiger charge is 2.42. The Morgan fingerprint density at radius 1 is 1.15 bits per heavy atom. The Hall–Kier alpha value is -1.59. The number of carbonyl (C=O) groups is 1. The molecular weight excluding hydrogens is 340 g/mol. The molecule has 1 amide bonds. The van der Waals surface area contributed by atoms with Crippen molar-refractivity contribution in [3.63, 3.8) is 0 Å². The standard InChI is InChI=1S/C22H32N2O3/c25-22(24-10-13-26-14-11-24)15-17-1-3-20(4-2-17)27-12-7-19-16-21(19)18-5-8-23-9-6-18/h1-4,18-19,21,23H,5-16H2. The van der Waals surface area contributed by atoms with Crippen LogP contribution in [0.15, 0.2) is 24.3 Å². The van der Waals surface area contributed by atoms with E-state index in [2.05, 4.69) is 5.32 Å². The van der Waals surface area contributed by atoms with E-state index < -0.39 is 0 Å². The molecule has 1 saturated carbocycles. The second-order valence-corrected chi connectivity index (χ2v) is 8.20. The zero-order valence-corrected chi connectivity index (χ0v) is 16.2. The summed E-state index contributed by atoms with van der Waals surface area (Å²) in [7, 11) is 0. The Morgan fingerprint density at radius 3 is 2.63 bits per heavy atom. The van der Waals surface area contributed by atoms with Crippen LogP contribution in [-0.4, -0.2) is 56.8 Å². The predicted molar refractivity (Wildman–Crippen MR) is 105 cm³/mol. The molecular formula is C22H32N2O3. The number of ether oxygens (including phenoxy) is 2. The van der Waals surface area contributed by atoms with Crippen LogP contribution in [0.2, 0.25) is 0 Å². The summed E-state index contributed by atoms with van der Waals surface area (Å²) in [5, 5.41) is 3.46. The first kappa shape index (κ1) is 18.8. The minimum atomic E-state index is 0.185. The van der Waals surface area contributed by atoms with Gasteiger partial charge in [-0.3, -0.25) is 4.79 Å². The van der Waals surface area contributed by atoms with Gasteiger partial charge in [0.1, 0.15) is 5.75 Å². The SMILES string of the molecule is O=C(Cc1ccc(OCCC2CC2C2CCNCC2)cc1)N1CCOCC1. The van der Waals surface area contributed by atoms with Crippen LogP contribution < -0.4 is 10.1 Å². The maximum atomic E-state index is 12.3. The van der Waals surface area contributed by atoms with Gasteiger partial charge in [0.25, 0.3) is 0 Å². The van der Waals surface area contributed by atoms with Gasteiger partial charge in [-0.25, -0.2) is 0 Å². The molecule has 5 nitrogen and oxygen atoms in total. The first-order valence-electron chi connectivity index (χ1n) is 10.6. The number of benzene rings is 1. The van der Waals surface area contributed by atoms with Crippen LogP contribution in [0.25, 0.3) is 0 Å². The van der Waals surface area contributed by atoms with Gasteiger partial charge in [-0.15, -0.1) is 0 Å². The molecule has 1 N–H and O–H groups in total. The highest BCUT2D eigenvalue weighted by atomic mass is 16.5. The van der Waals surface area contributed by atoms with E-state index in [1.807, 2.05) is 29.2 Å². The van der Waals surface area contributed by atoms with Crippen molar-refractivity contribution in [2.45, 2.75) is 32.1 Å². The van der Waals surface area contributed by atoms with Crippen molar-refractivity contribution in [2.24, 2.45) is 17.8 Å². The molecule has 1 aromatic carbocycles. The number of rotatable bonds is 7. The van der Waals surface area contributed by atoms with Crippen molar-refractivity contribution in [3.8, 4) is 5.75 Å². The summed E-state index contributed by atoms with van der Waals surface area (Å²) in [6, 6.07) is 8.03. The summed E-state index contributed by atoms with van der Waals surface area (Å²) in [4.78, 5) is 14.2. The van der Waals surface area contributed by atoms with Gasteiger partial charge in [-0.1, -0.05) is 12.1 Å². The fourth-order valence-corrected chi connectivity index (χ4v) is 4.58. The van der Waals surface area contributed by atoms with Crippen LogP contribution in [0.1, 0.15) is 31.2 Å². The van der Waals surface area contributed by atoms with E-state index in [4.69, 9.17) is 9.47 Å². The first-order chi connectivity index (χ1) is 13.3. The molecule has 1 aromatic rings. The molecule has 2 atom stereocenters. The predicted octanol–water partition coefficient (Wildman–Crippen LogP) is 2.49. The molecule has 4 rings (SSSR count). The number of nitrogens with one attached hydrogen (secondary N) is 1. The lowest BCUT2D eigenvalue weighted by Gasteiger charge is -2.26. The summed E-state index contributed by atoms with van der Waals surface area (Å²) in [6.45, 7) is 5.92. The molecule has 3 fully saturated rings. The minimum Gasteiger partial charge on any atom is -0.494 e. The maximum absolute atomic E-state index is 12.3.